The van der Waals surface area contributed by atoms with Crippen LogP contribution in [0.15, 0.2) is 28.7 Å². The molecule has 4 heteroatoms. The van der Waals surface area contributed by atoms with Crippen molar-refractivity contribution < 1.29 is 4.79 Å². The zero-order valence-corrected chi connectivity index (χ0v) is 11.8. The maximum Gasteiger partial charge on any atom is 0.226 e. The Morgan fingerprint density at radius 3 is 2.56 bits per heavy atom. The smallest absolute Gasteiger partial charge is 0.226 e. The van der Waals surface area contributed by atoms with Gasteiger partial charge in [-0.05, 0) is 30.0 Å². The summed E-state index contributed by atoms with van der Waals surface area (Å²) in [5.41, 5.74) is 1.30. The molecule has 1 aliphatic heterocycles. The molecule has 1 aromatic rings. The maximum absolute atomic E-state index is 12.3. The number of carbonyl (C=O) groups excluding carboxylic acids is 1. The van der Waals surface area contributed by atoms with Crippen LogP contribution >= 0.6 is 15.9 Å². The first-order valence-electron chi connectivity index (χ1n) is 6.50. The molecule has 18 heavy (non-hydrogen) atoms. The van der Waals surface area contributed by atoms with Crippen LogP contribution in [0.3, 0.4) is 0 Å². The molecule has 1 saturated carbocycles. The number of amides is 1. The molecule has 3 nitrogen and oxygen atoms in total. The highest BCUT2D eigenvalue weighted by atomic mass is 79.9. The standard InChI is InChI=1S/C14H17BrN2O/c15-11-3-1-10(2-4-11)12-9-13(12)14(18)17-7-5-16-6-8-17/h1-4,12-13,16H,5-9H2/t12-,13+/m0/s1. The summed E-state index contributed by atoms with van der Waals surface area (Å²) in [7, 11) is 0. The van der Waals surface area contributed by atoms with Gasteiger partial charge in [0.05, 0.1) is 0 Å². The van der Waals surface area contributed by atoms with Gasteiger partial charge in [0.15, 0.2) is 0 Å². The minimum atomic E-state index is 0.226. The lowest BCUT2D eigenvalue weighted by Gasteiger charge is -2.27. The van der Waals surface area contributed by atoms with Gasteiger partial charge in [0.2, 0.25) is 5.91 Å². The summed E-state index contributed by atoms with van der Waals surface area (Å²) in [5, 5.41) is 3.28. The highest BCUT2D eigenvalue weighted by molar-refractivity contribution is 9.10. The van der Waals surface area contributed by atoms with Gasteiger partial charge in [-0.2, -0.15) is 0 Å². The lowest BCUT2D eigenvalue weighted by Crippen LogP contribution is -2.47. The lowest BCUT2D eigenvalue weighted by atomic mass is 10.1. The van der Waals surface area contributed by atoms with Crippen LogP contribution in [-0.2, 0) is 4.79 Å². The molecule has 0 bridgehead atoms. The third kappa shape index (κ3) is 2.45. The van der Waals surface area contributed by atoms with Crippen molar-refractivity contribution in [1.82, 2.24) is 10.2 Å². The van der Waals surface area contributed by atoms with Crippen molar-refractivity contribution in [2.75, 3.05) is 26.2 Å². The van der Waals surface area contributed by atoms with Crippen LogP contribution in [0.5, 0.6) is 0 Å². The Morgan fingerprint density at radius 1 is 1.22 bits per heavy atom. The molecule has 3 rings (SSSR count). The molecular formula is C14H17BrN2O. The third-order valence-corrected chi connectivity index (χ3v) is 4.36. The number of hydrogen-bond donors (Lipinski definition) is 1. The van der Waals surface area contributed by atoms with E-state index in [2.05, 4.69) is 45.5 Å². The fourth-order valence-electron chi connectivity index (χ4n) is 2.67. The summed E-state index contributed by atoms with van der Waals surface area (Å²) < 4.78 is 1.09. The van der Waals surface area contributed by atoms with Gasteiger partial charge >= 0.3 is 0 Å². The van der Waals surface area contributed by atoms with Crippen molar-refractivity contribution >= 4 is 21.8 Å². The van der Waals surface area contributed by atoms with Gasteiger partial charge in [-0.3, -0.25) is 4.79 Å². The van der Waals surface area contributed by atoms with Crippen LogP contribution in [0, 0.1) is 5.92 Å². The number of carbonyl (C=O) groups is 1. The molecule has 2 fully saturated rings. The van der Waals surface area contributed by atoms with Crippen LogP contribution in [0.2, 0.25) is 0 Å². The quantitative estimate of drug-likeness (QED) is 0.906. The van der Waals surface area contributed by atoms with Crippen molar-refractivity contribution in [3.8, 4) is 0 Å². The predicted molar refractivity (Wildman–Crippen MR) is 74.4 cm³/mol. The summed E-state index contributed by atoms with van der Waals surface area (Å²) in [4.78, 5) is 14.3. The van der Waals surface area contributed by atoms with Crippen LogP contribution in [0.1, 0.15) is 17.9 Å². The van der Waals surface area contributed by atoms with Gasteiger partial charge in [-0.1, -0.05) is 28.1 Å². The normalized spacial score (nSPS) is 27.1. The molecular weight excluding hydrogens is 292 g/mol. The zero-order chi connectivity index (χ0) is 12.5. The van der Waals surface area contributed by atoms with E-state index < -0.39 is 0 Å². The first kappa shape index (κ1) is 12.2. The Bertz CT molecular complexity index is 440. The number of halogens is 1. The molecule has 0 aromatic heterocycles. The molecule has 0 spiro atoms. The second-order valence-corrected chi connectivity index (χ2v) is 5.99. The molecule has 1 amide bonds. The van der Waals surface area contributed by atoms with E-state index in [1.807, 2.05) is 4.90 Å². The highest BCUT2D eigenvalue weighted by Crippen LogP contribution is 2.48. The van der Waals surface area contributed by atoms with Gasteiger partial charge in [0, 0.05) is 36.6 Å². The van der Waals surface area contributed by atoms with E-state index in [1.54, 1.807) is 0 Å². The number of piperazine rings is 1. The van der Waals surface area contributed by atoms with E-state index in [0.29, 0.717) is 11.8 Å². The van der Waals surface area contributed by atoms with Crippen LogP contribution < -0.4 is 5.32 Å². The number of nitrogens with one attached hydrogen (secondary N) is 1. The van der Waals surface area contributed by atoms with Gasteiger partial charge in [-0.25, -0.2) is 0 Å². The molecule has 2 aliphatic rings. The van der Waals surface area contributed by atoms with Gasteiger partial charge < -0.3 is 10.2 Å². The molecule has 1 aromatic carbocycles. The molecule has 0 radical (unpaired) electrons. The minimum Gasteiger partial charge on any atom is -0.340 e. The van der Waals surface area contributed by atoms with E-state index in [0.717, 1.165) is 37.1 Å². The molecule has 1 aliphatic carbocycles. The van der Waals surface area contributed by atoms with Crippen molar-refractivity contribution in [2.45, 2.75) is 12.3 Å². The van der Waals surface area contributed by atoms with Crippen LogP contribution in [0.4, 0.5) is 0 Å². The molecule has 1 heterocycles. The van der Waals surface area contributed by atoms with E-state index in [1.165, 1.54) is 5.56 Å². The van der Waals surface area contributed by atoms with Gasteiger partial charge in [0.1, 0.15) is 0 Å². The monoisotopic (exact) mass is 308 g/mol. The van der Waals surface area contributed by atoms with Crippen LogP contribution in [0.25, 0.3) is 0 Å². The topological polar surface area (TPSA) is 32.3 Å². The highest BCUT2D eigenvalue weighted by Gasteiger charge is 2.45. The second kappa shape index (κ2) is 5.02. The number of nitrogens with zero attached hydrogens (tertiary/aromatic N) is 1. The summed E-state index contributed by atoms with van der Waals surface area (Å²) in [6, 6.07) is 8.36. The van der Waals surface area contributed by atoms with Gasteiger partial charge in [-0.15, -0.1) is 0 Å². The summed E-state index contributed by atoms with van der Waals surface area (Å²) in [6.07, 6.45) is 1.02. The van der Waals surface area contributed by atoms with Crippen molar-refractivity contribution in [1.29, 1.82) is 0 Å². The molecule has 1 N–H and O–H groups in total. The van der Waals surface area contributed by atoms with E-state index >= 15 is 0 Å². The third-order valence-electron chi connectivity index (χ3n) is 3.83. The van der Waals surface area contributed by atoms with Crippen LogP contribution in [-0.4, -0.2) is 37.0 Å². The zero-order valence-electron chi connectivity index (χ0n) is 10.2. The first-order valence-corrected chi connectivity index (χ1v) is 7.30. The Morgan fingerprint density at radius 2 is 1.89 bits per heavy atom. The molecule has 96 valence electrons. The fraction of sp³-hybridized carbons (Fsp3) is 0.500. The largest absolute Gasteiger partial charge is 0.340 e. The average molecular weight is 309 g/mol. The van der Waals surface area contributed by atoms with E-state index in [9.17, 15) is 4.79 Å². The maximum atomic E-state index is 12.3. The fourth-order valence-corrected chi connectivity index (χ4v) is 2.93. The number of rotatable bonds is 2. The summed E-state index contributed by atoms with van der Waals surface area (Å²) in [5.74, 6) is 1.02. The van der Waals surface area contributed by atoms with E-state index in [-0.39, 0.29) is 5.92 Å². The summed E-state index contributed by atoms with van der Waals surface area (Å²) in [6.45, 7) is 3.59. The Balaban J connectivity index is 1.63. The second-order valence-electron chi connectivity index (χ2n) is 5.08. The Hall–Kier alpha value is -0.870. The SMILES string of the molecule is O=C([C@@H]1C[C@H]1c1ccc(Br)cc1)N1CCNCC1. The minimum absolute atomic E-state index is 0.226. The van der Waals surface area contributed by atoms with Crippen molar-refractivity contribution in [2.24, 2.45) is 5.92 Å². The Kier molecular flexibility index (Phi) is 3.39. The first-order chi connectivity index (χ1) is 8.75. The summed E-state index contributed by atoms with van der Waals surface area (Å²) >= 11 is 3.44. The Labute approximate surface area is 116 Å². The number of benzene rings is 1. The van der Waals surface area contributed by atoms with E-state index in [4.69, 9.17) is 0 Å². The van der Waals surface area contributed by atoms with Crippen molar-refractivity contribution in [3.05, 3.63) is 34.3 Å². The van der Waals surface area contributed by atoms with Crippen molar-refractivity contribution in [3.63, 3.8) is 0 Å². The predicted octanol–water partition coefficient (Wildman–Crippen LogP) is 1.98. The molecule has 0 unspecified atom stereocenters. The average Bonchev–Trinajstić information content (AvgIpc) is 3.20. The molecule has 2 atom stereocenters. The lowest BCUT2D eigenvalue weighted by molar-refractivity contribution is -0.133. The number of hydrogen-bond acceptors (Lipinski definition) is 2. The molecule has 1 saturated heterocycles. The van der Waals surface area contributed by atoms with Gasteiger partial charge in [0.25, 0.3) is 0 Å².